The van der Waals surface area contributed by atoms with Crippen LogP contribution in [0.3, 0.4) is 0 Å². The number of nitrogens with two attached hydrogens (primary N) is 2. The Labute approximate surface area is 84.2 Å². The maximum absolute atomic E-state index is 5.75. The second-order valence-corrected chi connectivity index (χ2v) is 3.12. The maximum Gasteiger partial charge on any atom is 0.143 e. The summed E-state index contributed by atoms with van der Waals surface area (Å²) >= 11 is 0. The molecule has 78 valence electrons. The molecule has 0 aliphatic rings. The third kappa shape index (κ3) is 2.29. The molecule has 0 aromatic heterocycles. The van der Waals surface area contributed by atoms with Crippen molar-refractivity contribution in [3.8, 4) is 5.75 Å². The second-order valence-electron chi connectivity index (χ2n) is 3.12. The third-order valence-corrected chi connectivity index (χ3v) is 2.04. The summed E-state index contributed by atoms with van der Waals surface area (Å²) in [5.74, 6) is 0.690. The first-order valence-electron chi connectivity index (χ1n) is 4.57. The van der Waals surface area contributed by atoms with Gasteiger partial charge in [0.25, 0.3) is 0 Å². The number of anilines is 2. The lowest BCUT2D eigenvalue weighted by Gasteiger charge is -2.12. The first kappa shape index (κ1) is 10.7. The van der Waals surface area contributed by atoms with E-state index in [0.717, 1.165) is 17.8 Å². The molecule has 1 aromatic rings. The van der Waals surface area contributed by atoms with Crippen LogP contribution in [0.15, 0.2) is 12.1 Å². The van der Waals surface area contributed by atoms with Gasteiger partial charge in [-0.05, 0) is 18.6 Å². The Kier molecular flexibility index (Phi) is 3.59. The van der Waals surface area contributed by atoms with Gasteiger partial charge in [0.15, 0.2) is 0 Å². The molecular weight excluding hydrogens is 178 g/mol. The monoisotopic (exact) mass is 195 g/mol. The highest BCUT2D eigenvalue weighted by molar-refractivity contribution is 5.65. The van der Waals surface area contributed by atoms with Crippen LogP contribution in [0.5, 0.6) is 5.75 Å². The molecule has 0 radical (unpaired) electrons. The molecule has 0 heterocycles. The Morgan fingerprint density at radius 3 is 2.71 bits per heavy atom. The van der Waals surface area contributed by atoms with Gasteiger partial charge in [-0.2, -0.15) is 0 Å². The van der Waals surface area contributed by atoms with Gasteiger partial charge in [-0.15, -0.1) is 0 Å². The van der Waals surface area contributed by atoms with Crippen LogP contribution in [0.1, 0.15) is 5.56 Å². The standard InChI is InChI=1S/C10H17N3O/c1-7-5-8(12)10(14-2)6-9(7)13-4-3-11/h5-6,13H,3-4,11-12H2,1-2H3. The van der Waals surface area contributed by atoms with Gasteiger partial charge in [0, 0.05) is 24.8 Å². The average molecular weight is 195 g/mol. The summed E-state index contributed by atoms with van der Waals surface area (Å²) in [5, 5.41) is 3.20. The van der Waals surface area contributed by atoms with Gasteiger partial charge in [0.1, 0.15) is 5.75 Å². The van der Waals surface area contributed by atoms with Crippen molar-refractivity contribution < 1.29 is 4.74 Å². The van der Waals surface area contributed by atoms with Crippen molar-refractivity contribution in [2.24, 2.45) is 5.73 Å². The highest BCUT2D eigenvalue weighted by Crippen LogP contribution is 2.28. The van der Waals surface area contributed by atoms with Crippen LogP contribution in [0.2, 0.25) is 0 Å². The molecule has 0 saturated heterocycles. The highest BCUT2D eigenvalue weighted by Gasteiger charge is 2.04. The van der Waals surface area contributed by atoms with Crippen molar-refractivity contribution >= 4 is 11.4 Å². The van der Waals surface area contributed by atoms with Crippen molar-refractivity contribution in [3.05, 3.63) is 17.7 Å². The summed E-state index contributed by atoms with van der Waals surface area (Å²) < 4.78 is 5.12. The molecule has 0 aliphatic heterocycles. The zero-order valence-corrected chi connectivity index (χ0v) is 8.63. The number of hydrogen-bond donors (Lipinski definition) is 3. The average Bonchev–Trinajstić information content (AvgIpc) is 2.17. The van der Waals surface area contributed by atoms with Gasteiger partial charge in [0.2, 0.25) is 0 Å². The van der Waals surface area contributed by atoms with E-state index in [9.17, 15) is 0 Å². The molecule has 5 N–H and O–H groups in total. The minimum atomic E-state index is 0.603. The van der Waals surface area contributed by atoms with E-state index in [4.69, 9.17) is 16.2 Å². The molecular formula is C10H17N3O. The topological polar surface area (TPSA) is 73.3 Å². The number of nitrogens with one attached hydrogen (secondary N) is 1. The lowest BCUT2D eigenvalue weighted by atomic mass is 10.1. The number of benzene rings is 1. The summed E-state index contributed by atoms with van der Waals surface area (Å²) in [6.45, 7) is 3.34. The zero-order chi connectivity index (χ0) is 10.6. The van der Waals surface area contributed by atoms with Crippen LogP contribution in [-0.4, -0.2) is 20.2 Å². The summed E-state index contributed by atoms with van der Waals surface area (Å²) in [7, 11) is 1.60. The Bertz CT molecular complexity index is 312. The molecule has 4 heteroatoms. The van der Waals surface area contributed by atoms with E-state index in [0.29, 0.717) is 18.0 Å². The van der Waals surface area contributed by atoms with Crippen molar-refractivity contribution in [2.45, 2.75) is 6.92 Å². The fourth-order valence-electron chi connectivity index (χ4n) is 1.28. The van der Waals surface area contributed by atoms with Crippen LogP contribution in [0, 0.1) is 6.92 Å². The van der Waals surface area contributed by atoms with E-state index in [1.807, 2.05) is 19.1 Å². The minimum Gasteiger partial charge on any atom is -0.495 e. The molecule has 1 rings (SSSR count). The van der Waals surface area contributed by atoms with Crippen molar-refractivity contribution in [3.63, 3.8) is 0 Å². The Hall–Kier alpha value is -1.42. The molecule has 1 aromatic carbocycles. The van der Waals surface area contributed by atoms with Crippen LogP contribution < -0.4 is 21.5 Å². The van der Waals surface area contributed by atoms with Gasteiger partial charge in [-0.25, -0.2) is 0 Å². The summed E-state index contributed by atoms with van der Waals surface area (Å²) in [5.41, 5.74) is 13.9. The molecule has 0 spiro atoms. The van der Waals surface area contributed by atoms with E-state index in [-0.39, 0.29) is 0 Å². The van der Waals surface area contributed by atoms with E-state index in [2.05, 4.69) is 5.32 Å². The Balaban J connectivity index is 2.92. The molecule has 0 amide bonds. The summed E-state index contributed by atoms with van der Waals surface area (Å²) in [6.07, 6.45) is 0. The number of hydrogen-bond acceptors (Lipinski definition) is 4. The normalized spacial score (nSPS) is 9.93. The van der Waals surface area contributed by atoms with E-state index in [1.165, 1.54) is 0 Å². The second kappa shape index (κ2) is 4.72. The maximum atomic E-state index is 5.75. The predicted octanol–water partition coefficient (Wildman–Crippen LogP) is 0.956. The number of nitrogen functional groups attached to an aromatic ring is 1. The zero-order valence-electron chi connectivity index (χ0n) is 8.63. The molecule has 0 bridgehead atoms. The van der Waals surface area contributed by atoms with E-state index in [1.54, 1.807) is 7.11 Å². The van der Waals surface area contributed by atoms with Gasteiger partial charge < -0.3 is 21.5 Å². The Morgan fingerprint density at radius 1 is 1.43 bits per heavy atom. The van der Waals surface area contributed by atoms with Crippen LogP contribution in [0.25, 0.3) is 0 Å². The fourth-order valence-corrected chi connectivity index (χ4v) is 1.28. The Morgan fingerprint density at radius 2 is 2.14 bits per heavy atom. The number of rotatable bonds is 4. The van der Waals surface area contributed by atoms with Gasteiger partial charge >= 0.3 is 0 Å². The third-order valence-electron chi connectivity index (χ3n) is 2.04. The van der Waals surface area contributed by atoms with Crippen LogP contribution >= 0.6 is 0 Å². The molecule has 0 unspecified atom stereocenters. The number of ether oxygens (including phenoxy) is 1. The predicted molar refractivity (Wildman–Crippen MR) is 59.7 cm³/mol. The van der Waals surface area contributed by atoms with Crippen molar-refractivity contribution in [1.82, 2.24) is 0 Å². The fraction of sp³-hybridized carbons (Fsp3) is 0.400. The van der Waals surface area contributed by atoms with Gasteiger partial charge in [-0.3, -0.25) is 0 Å². The minimum absolute atomic E-state index is 0.603. The van der Waals surface area contributed by atoms with E-state index >= 15 is 0 Å². The number of aryl methyl sites for hydroxylation is 1. The highest BCUT2D eigenvalue weighted by atomic mass is 16.5. The molecule has 0 saturated carbocycles. The van der Waals surface area contributed by atoms with E-state index < -0.39 is 0 Å². The van der Waals surface area contributed by atoms with Crippen LogP contribution in [-0.2, 0) is 0 Å². The lowest BCUT2D eigenvalue weighted by Crippen LogP contribution is -2.13. The smallest absolute Gasteiger partial charge is 0.143 e. The summed E-state index contributed by atoms with van der Waals surface area (Å²) in [4.78, 5) is 0. The lowest BCUT2D eigenvalue weighted by molar-refractivity contribution is 0.417. The SMILES string of the molecule is COc1cc(NCCN)c(C)cc1N. The first-order chi connectivity index (χ1) is 6.69. The quantitative estimate of drug-likeness (QED) is 0.625. The van der Waals surface area contributed by atoms with Gasteiger partial charge in [0.05, 0.1) is 12.8 Å². The molecule has 0 aliphatic carbocycles. The van der Waals surface area contributed by atoms with Crippen molar-refractivity contribution in [1.29, 1.82) is 0 Å². The number of methoxy groups -OCH3 is 1. The van der Waals surface area contributed by atoms with Gasteiger partial charge in [-0.1, -0.05) is 0 Å². The summed E-state index contributed by atoms with van der Waals surface area (Å²) in [6, 6.07) is 3.78. The molecule has 4 nitrogen and oxygen atoms in total. The van der Waals surface area contributed by atoms with Crippen LogP contribution in [0.4, 0.5) is 11.4 Å². The largest absolute Gasteiger partial charge is 0.495 e. The molecule has 14 heavy (non-hydrogen) atoms. The molecule has 0 fully saturated rings. The first-order valence-corrected chi connectivity index (χ1v) is 4.57. The molecule has 0 atom stereocenters. The van der Waals surface area contributed by atoms with Crippen molar-refractivity contribution in [2.75, 3.05) is 31.2 Å².